The number of anilines is 4. The van der Waals surface area contributed by atoms with E-state index in [9.17, 15) is 0 Å². The molecular formula is C32H35ClN2. The third kappa shape index (κ3) is 6.07. The zero-order valence-electron chi connectivity index (χ0n) is 21.5. The van der Waals surface area contributed by atoms with E-state index in [1.807, 2.05) is 6.07 Å². The molecule has 35 heavy (non-hydrogen) atoms. The fraction of sp³-hybridized carbons (Fsp3) is 0.250. The minimum atomic E-state index is 0.114. The van der Waals surface area contributed by atoms with E-state index in [1.54, 1.807) is 0 Å². The second kappa shape index (κ2) is 9.79. The Balaban J connectivity index is 1.70. The zero-order valence-corrected chi connectivity index (χ0v) is 22.3. The Hall–Kier alpha value is -3.23. The van der Waals surface area contributed by atoms with Crippen molar-refractivity contribution in [1.82, 2.24) is 0 Å². The number of hydrogen-bond donors (Lipinski definition) is 2. The minimum Gasteiger partial charge on any atom is -0.354 e. The van der Waals surface area contributed by atoms with Crippen molar-refractivity contribution in [2.45, 2.75) is 52.4 Å². The number of rotatable bonds is 5. The topological polar surface area (TPSA) is 24.1 Å². The highest BCUT2D eigenvalue weighted by molar-refractivity contribution is 6.36. The smallest absolute Gasteiger partial charge is 0.0876 e. The van der Waals surface area contributed by atoms with Crippen LogP contribution in [-0.4, -0.2) is 0 Å². The van der Waals surface area contributed by atoms with Crippen LogP contribution in [0.1, 0.15) is 52.7 Å². The van der Waals surface area contributed by atoms with E-state index in [-0.39, 0.29) is 10.8 Å². The van der Waals surface area contributed by atoms with Crippen LogP contribution in [0.2, 0.25) is 5.02 Å². The largest absolute Gasteiger partial charge is 0.354 e. The van der Waals surface area contributed by atoms with Crippen LogP contribution in [0.25, 0.3) is 11.1 Å². The van der Waals surface area contributed by atoms with Crippen molar-refractivity contribution >= 4 is 34.4 Å². The SMILES string of the molecule is CC(C)(C)c1ccc(Nc2cc(-c3ccccc3)cc(Nc3ccc(C(C)(C)C)cc3)c2Cl)cc1. The Morgan fingerprint density at radius 1 is 0.514 bits per heavy atom. The van der Waals surface area contributed by atoms with Crippen molar-refractivity contribution in [3.8, 4) is 11.1 Å². The highest BCUT2D eigenvalue weighted by Gasteiger charge is 2.16. The maximum Gasteiger partial charge on any atom is 0.0876 e. The van der Waals surface area contributed by atoms with Crippen LogP contribution >= 0.6 is 11.6 Å². The summed E-state index contributed by atoms with van der Waals surface area (Å²) < 4.78 is 0. The maximum atomic E-state index is 6.95. The molecule has 0 fully saturated rings. The Morgan fingerprint density at radius 3 is 1.29 bits per heavy atom. The molecule has 4 aromatic carbocycles. The molecule has 0 heterocycles. The molecule has 0 atom stereocenters. The summed E-state index contributed by atoms with van der Waals surface area (Å²) >= 11 is 6.95. The van der Waals surface area contributed by atoms with Crippen LogP contribution in [0, 0.1) is 0 Å². The van der Waals surface area contributed by atoms with Gasteiger partial charge in [-0.1, -0.05) is 108 Å². The molecule has 0 saturated heterocycles. The van der Waals surface area contributed by atoms with Gasteiger partial charge in [0, 0.05) is 11.4 Å². The molecule has 0 aliphatic carbocycles. The average Bonchev–Trinajstić information content (AvgIpc) is 2.81. The quantitative estimate of drug-likeness (QED) is 0.295. The average molecular weight is 483 g/mol. The first-order valence-electron chi connectivity index (χ1n) is 12.1. The first-order valence-corrected chi connectivity index (χ1v) is 12.5. The fourth-order valence-electron chi connectivity index (χ4n) is 4.02. The van der Waals surface area contributed by atoms with Gasteiger partial charge < -0.3 is 10.6 Å². The molecule has 0 saturated carbocycles. The third-order valence-electron chi connectivity index (χ3n) is 6.24. The summed E-state index contributed by atoms with van der Waals surface area (Å²) in [6.45, 7) is 13.3. The summed E-state index contributed by atoms with van der Waals surface area (Å²) in [4.78, 5) is 0. The second-order valence-corrected chi connectivity index (χ2v) is 11.5. The Bertz CT molecular complexity index is 1200. The number of halogens is 1. The lowest BCUT2D eigenvalue weighted by Crippen LogP contribution is -2.10. The van der Waals surface area contributed by atoms with Crippen LogP contribution in [0.3, 0.4) is 0 Å². The van der Waals surface area contributed by atoms with Gasteiger partial charge in [-0.25, -0.2) is 0 Å². The Labute approximate surface area is 215 Å². The predicted molar refractivity (Wildman–Crippen MR) is 154 cm³/mol. The summed E-state index contributed by atoms with van der Waals surface area (Å²) in [7, 11) is 0. The van der Waals surface area contributed by atoms with E-state index in [0.717, 1.165) is 33.9 Å². The highest BCUT2D eigenvalue weighted by atomic mass is 35.5. The molecule has 180 valence electrons. The number of nitrogens with one attached hydrogen (secondary N) is 2. The van der Waals surface area contributed by atoms with Crippen molar-refractivity contribution in [3.63, 3.8) is 0 Å². The van der Waals surface area contributed by atoms with Gasteiger partial charge in [0.25, 0.3) is 0 Å². The second-order valence-electron chi connectivity index (χ2n) is 11.2. The van der Waals surface area contributed by atoms with Gasteiger partial charge in [0.1, 0.15) is 0 Å². The lowest BCUT2D eigenvalue weighted by molar-refractivity contribution is 0.590. The summed E-state index contributed by atoms with van der Waals surface area (Å²) in [5.41, 5.74) is 8.80. The standard InChI is InChI=1S/C32H35ClN2/c1-31(2,3)24-12-16-26(17-13-24)34-28-20-23(22-10-8-7-9-11-22)21-29(30(28)33)35-27-18-14-25(15-19-27)32(4,5)6/h7-21,34-35H,1-6H3. The lowest BCUT2D eigenvalue weighted by Gasteiger charge is -2.21. The van der Waals surface area contributed by atoms with Crippen molar-refractivity contribution in [2.75, 3.05) is 10.6 Å². The van der Waals surface area contributed by atoms with Crippen LogP contribution in [-0.2, 0) is 10.8 Å². The van der Waals surface area contributed by atoms with Crippen LogP contribution in [0.5, 0.6) is 0 Å². The van der Waals surface area contributed by atoms with Crippen molar-refractivity contribution in [1.29, 1.82) is 0 Å². The summed E-state index contributed by atoms with van der Waals surface area (Å²) in [6, 6.07) is 31.8. The fourth-order valence-corrected chi connectivity index (χ4v) is 4.23. The van der Waals surface area contributed by atoms with Crippen molar-refractivity contribution in [3.05, 3.63) is 107 Å². The maximum absolute atomic E-state index is 6.95. The molecule has 0 aliphatic heterocycles. The van der Waals surface area contributed by atoms with Crippen LogP contribution < -0.4 is 10.6 Å². The molecule has 0 unspecified atom stereocenters. The molecule has 2 nitrogen and oxygen atoms in total. The lowest BCUT2D eigenvalue weighted by atomic mass is 9.87. The van der Waals surface area contributed by atoms with Gasteiger partial charge in [-0.3, -0.25) is 0 Å². The molecule has 0 aromatic heterocycles. The molecule has 0 amide bonds. The Kier molecular flexibility index (Phi) is 6.96. The minimum absolute atomic E-state index is 0.114. The molecule has 0 aliphatic rings. The van der Waals surface area contributed by atoms with Gasteiger partial charge in [0.15, 0.2) is 0 Å². The van der Waals surface area contributed by atoms with E-state index in [2.05, 4.69) is 137 Å². The van der Waals surface area contributed by atoms with Gasteiger partial charge in [-0.05, 0) is 69.5 Å². The zero-order chi connectivity index (χ0) is 25.2. The monoisotopic (exact) mass is 482 g/mol. The molecule has 3 heteroatoms. The molecular weight excluding hydrogens is 448 g/mol. The van der Waals surface area contributed by atoms with Gasteiger partial charge in [-0.2, -0.15) is 0 Å². The summed E-state index contributed by atoms with van der Waals surface area (Å²) in [5.74, 6) is 0. The van der Waals surface area contributed by atoms with E-state index >= 15 is 0 Å². The Morgan fingerprint density at radius 2 is 0.914 bits per heavy atom. The summed E-state index contributed by atoms with van der Waals surface area (Å²) in [6.07, 6.45) is 0. The predicted octanol–water partition coefficient (Wildman–Crippen LogP) is 10.1. The van der Waals surface area contributed by atoms with Gasteiger partial charge in [-0.15, -0.1) is 0 Å². The molecule has 0 spiro atoms. The normalized spacial score (nSPS) is 11.9. The van der Waals surface area contributed by atoms with E-state index < -0.39 is 0 Å². The van der Waals surface area contributed by atoms with E-state index in [4.69, 9.17) is 11.6 Å². The van der Waals surface area contributed by atoms with Gasteiger partial charge in [0.2, 0.25) is 0 Å². The van der Waals surface area contributed by atoms with Gasteiger partial charge in [0.05, 0.1) is 16.4 Å². The highest BCUT2D eigenvalue weighted by Crippen LogP contribution is 2.39. The third-order valence-corrected chi connectivity index (χ3v) is 6.65. The van der Waals surface area contributed by atoms with E-state index in [1.165, 1.54) is 11.1 Å². The number of hydrogen-bond acceptors (Lipinski definition) is 2. The van der Waals surface area contributed by atoms with E-state index in [0.29, 0.717) is 5.02 Å². The van der Waals surface area contributed by atoms with Crippen molar-refractivity contribution < 1.29 is 0 Å². The molecule has 4 rings (SSSR count). The van der Waals surface area contributed by atoms with Gasteiger partial charge >= 0.3 is 0 Å². The molecule has 0 radical (unpaired) electrons. The number of benzene rings is 4. The molecule has 2 N–H and O–H groups in total. The molecule has 0 bridgehead atoms. The van der Waals surface area contributed by atoms with Crippen LogP contribution in [0.15, 0.2) is 91.0 Å². The summed E-state index contributed by atoms with van der Waals surface area (Å²) in [5, 5.41) is 7.75. The van der Waals surface area contributed by atoms with Crippen LogP contribution in [0.4, 0.5) is 22.7 Å². The first kappa shape index (κ1) is 24.9. The van der Waals surface area contributed by atoms with Crippen molar-refractivity contribution in [2.24, 2.45) is 0 Å². The molecule has 4 aromatic rings. The first-order chi connectivity index (χ1) is 16.5.